The molecule has 1 N–H and O–H groups in total. The standard InChI is InChI=1S/C20H21NO/c1-2-7-14-13(6-1)12-16-15-8-3-4-9-17(15)21-20(16)19(14)18-10-5-11-22-18/h3-5,8-11,16,19-21H,1-2,6-7,12H2/t16-,19+,20+/m1/s1. The number of furan rings is 1. The van der Waals surface area contributed by atoms with E-state index in [0.29, 0.717) is 17.9 Å². The van der Waals surface area contributed by atoms with Gasteiger partial charge in [-0.3, -0.25) is 0 Å². The van der Waals surface area contributed by atoms with Crippen LogP contribution in [0.2, 0.25) is 0 Å². The van der Waals surface area contributed by atoms with Crippen molar-refractivity contribution in [2.45, 2.75) is 50.0 Å². The summed E-state index contributed by atoms with van der Waals surface area (Å²) in [6, 6.07) is 13.5. The van der Waals surface area contributed by atoms with E-state index in [4.69, 9.17) is 4.42 Å². The molecule has 2 heterocycles. The number of nitrogens with one attached hydrogen (secondary N) is 1. The predicted octanol–water partition coefficient (Wildman–Crippen LogP) is 5.22. The average Bonchev–Trinajstić information content (AvgIpc) is 3.20. The van der Waals surface area contributed by atoms with E-state index in [9.17, 15) is 0 Å². The molecule has 1 aliphatic heterocycles. The Labute approximate surface area is 131 Å². The number of anilines is 1. The smallest absolute Gasteiger partial charge is 0.112 e. The van der Waals surface area contributed by atoms with Crippen LogP contribution in [0.1, 0.15) is 55.3 Å². The van der Waals surface area contributed by atoms with Crippen molar-refractivity contribution in [1.82, 2.24) is 0 Å². The van der Waals surface area contributed by atoms with E-state index in [2.05, 4.69) is 35.6 Å². The van der Waals surface area contributed by atoms with E-state index in [1.807, 2.05) is 12.3 Å². The molecule has 0 fully saturated rings. The molecule has 0 saturated carbocycles. The normalized spacial score (nSPS) is 29.5. The summed E-state index contributed by atoms with van der Waals surface area (Å²) in [4.78, 5) is 0. The second-order valence-electron chi connectivity index (χ2n) is 6.90. The van der Waals surface area contributed by atoms with Crippen molar-refractivity contribution < 1.29 is 4.42 Å². The first kappa shape index (κ1) is 12.6. The summed E-state index contributed by atoms with van der Waals surface area (Å²) in [7, 11) is 0. The number of fused-ring (bicyclic) bond motifs is 3. The van der Waals surface area contributed by atoms with Gasteiger partial charge in [-0.25, -0.2) is 0 Å². The molecule has 0 bridgehead atoms. The van der Waals surface area contributed by atoms with Crippen molar-refractivity contribution in [3.63, 3.8) is 0 Å². The lowest BCUT2D eigenvalue weighted by molar-refractivity contribution is 0.390. The third kappa shape index (κ3) is 1.73. The molecule has 5 rings (SSSR count). The SMILES string of the molecule is c1coc([C@@H]2C3=C(CCCC3)C[C@@H]3c4ccccc4N[C@@H]32)c1. The Morgan fingerprint density at radius 2 is 1.91 bits per heavy atom. The summed E-state index contributed by atoms with van der Waals surface area (Å²) >= 11 is 0. The van der Waals surface area contributed by atoms with E-state index >= 15 is 0 Å². The lowest BCUT2D eigenvalue weighted by atomic mass is 9.67. The number of hydrogen-bond acceptors (Lipinski definition) is 2. The third-order valence-electron chi connectivity index (χ3n) is 5.80. The average molecular weight is 291 g/mol. The summed E-state index contributed by atoms with van der Waals surface area (Å²) in [5.41, 5.74) is 6.21. The highest BCUT2D eigenvalue weighted by molar-refractivity contribution is 5.62. The molecule has 2 aliphatic carbocycles. The first-order valence-electron chi connectivity index (χ1n) is 8.51. The molecular formula is C20H21NO. The highest BCUT2D eigenvalue weighted by Crippen LogP contribution is 2.54. The van der Waals surface area contributed by atoms with Gasteiger partial charge in [0.1, 0.15) is 5.76 Å². The first-order valence-corrected chi connectivity index (χ1v) is 8.51. The van der Waals surface area contributed by atoms with Gasteiger partial charge in [-0.15, -0.1) is 0 Å². The quantitative estimate of drug-likeness (QED) is 0.729. The van der Waals surface area contributed by atoms with E-state index < -0.39 is 0 Å². The molecule has 22 heavy (non-hydrogen) atoms. The van der Waals surface area contributed by atoms with Gasteiger partial charge in [0.2, 0.25) is 0 Å². The lowest BCUT2D eigenvalue weighted by Gasteiger charge is -2.39. The number of benzene rings is 1. The van der Waals surface area contributed by atoms with Crippen LogP contribution < -0.4 is 5.32 Å². The van der Waals surface area contributed by atoms with E-state index in [0.717, 1.165) is 5.76 Å². The van der Waals surface area contributed by atoms with Gasteiger partial charge in [-0.2, -0.15) is 0 Å². The minimum atomic E-state index is 0.413. The van der Waals surface area contributed by atoms with Crippen LogP contribution in [0.25, 0.3) is 0 Å². The molecule has 2 nitrogen and oxygen atoms in total. The fraction of sp³-hybridized carbons (Fsp3) is 0.400. The number of rotatable bonds is 1. The van der Waals surface area contributed by atoms with Crippen molar-refractivity contribution in [2.24, 2.45) is 0 Å². The van der Waals surface area contributed by atoms with Gasteiger partial charge in [0, 0.05) is 17.6 Å². The predicted molar refractivity (Wildman–Crippen MR) is 88.2 cm³/mol. The Hall–Kier alpha value is -1.96. The monoisotopic (exact) mass is 291 g/mol. The Morgan fingerprint density at radius 3 is 2.82 bits per heavy atom. The lowest BCUT2D eigenvalue weighted by Crippen LogP contribution is -2.35. The zero-order valence-corrected chi connectivity index (χ0v) is 12.7. The molecule has 0 radical (unpaired) electrons. The summed E-state index contributed by atoms with van der Waals surface area (Å²) in [6.07, 6.45) is 8.29. The second kappa shape index (κ2) is 4.77. The summed E-state index contributed by atoms with van der Waals surface area (Å²) in [5, 5.41) is 3.81. The topological polar surface area (TPSA) is 25.2 Å². The van der Waals surface area contributed by atoms with Crippen molar-refractivity contribution in [3.05, 3.63) is 65.1 Å². The molecular weight excluding hydrogens is 270 g/mol. The highest BCUT2D eigenvalue weighted by Gasteiger charge is 2.45. The van der Waals surface area contributed by atoms with Crippen LogP contribution >= 0.6 is 0 Å². The maximum atomic E-state index is 5.85. The minimum absolute atomic E-state index is 0.413. The maximum Gasteiger partial charge on any atom is 0.112 e. The summed E-state index contributed by atoms with van der Waals surface area (Å²) in [5.74, 6) is 2.16. The molecule has 2 heteroatoms. The Morgan fingerprint density at radius 1 is 1.00 bits per heavy atom. The maximum absolute atomic E-state index is 5.85. The van der Waals surface area contributed by atoms with Crippen molar-refractivity contribution in [3.8, 4) is 0 Å². The third-order valence-corrected chi connectivity index (χ3v) is 5.80. The van der Waals surface area contributed by atoms with Crippen molar-refractivity contribution in [2.75, 3.05) is 5.32 Å². The minimum Gasteiger partial charge on any atom is -0.469 e. The molecule has 1 aromatic heterocycles. The molecule has 0 saturated heterocycles. The molecule has 2 aromatic rings. The van der Waals surface area contributed by atoms with Crippen molar-refractivity contribution in [1.29, 1.82) is 0 Å². The second-order valence-corrected chi connectivity index (χ2v) is 6.90. The molecule has 0 spiro atoms. The largest absolute Gasteiger partial charge is 0.469 e. The van der Waals surface area contributed by atoms with Crippen LogP contribution in [0.15, 0.2) is 58.2 Å². The highest BCUT2D eigenvalue weighted by atomic mass is 16.3. The molecule has 1 aromatic carbocycles. The Bertz CT molecular complexity index is 728. The van der Waals surface area contributed by atoms with Gasteiger partial charge in [0.05, 0.1) is 12.2 Å². The van der Waals surface area contributed by atoms with Crippen LogP contribution in [0.3, 0.4) is 0 Å². The fourth-order valence-corrected chi connectivity index (χ4v) is 4.88. The Balaban J connectivity index is 1.65. The fourth-order valence-electron chi connectivity index (χ4n) is 4.88. The summed E-state index contributed by atoms with van der Waals surface area (Å²) in [6.45, 7) is 0. The van der Waals surface area contributed by atoms with Crippen LogP contribution in [-0.2, 0) is 0 Å². The number of para-hydroxylation sites is 1. The van der Waals surface area contributed by atoms with Gasteiger partial charge in [0.25, 0.3) is 0 Å². The molecule has 0 amide bonds. The van der Waals surface area contributed by atoms with Crippen LogP contribution in [0.5, 0.6) is 0 Å². The van der Waals surface area contributed by atoms with Crippen LogP contribution in [0.4, 0.5) is 5.69 Å². The van der Waals surface area contributed by atoms with Crippen LogP contribution in [0, 0.1) is 0 Å². The first-order chi connectivity index (χ1) is 10.9. The number of allylic oxidation sites excluding steroid dienone is 1. The zero-order chi connectivity index (χ0) is 14.5. The van der Waals surface area contributed by atoms with Gasteiger partial charge < -0.3 is 9.73 Å². The van der Waals surface area contributed by atoms with Gasteiger partial charge in [-0.05, 0) is 55.9 Å². The number of hydrogen-bond donors (Lipinski definition) is 1. The molecule has 3 aliphatic rings. The molecule has 112 valence electrons. The summed E-state index contributed by atoms with van der Waals surface area (Å²) < 4.78 is 5.85. The van der Waals surface area contributed by atoms with E-state index in [-0.39, 0.29) is 0 Å². The van der Waals surface area contributed by atoms with E-state index in [1.165, 1.54) is 43.4 Å². The van der Waals surface area contributed by atoms with Gasteiger partial charge >= 0.3 is 0 Å². The zero-order valence-electron chi connectivity index (χ0n) is 12.7. The van der Waals surface area contributed by atoms with E-state index in [1.54, 1.807) is 11.1 Å². The molecule has 0 unspecified atom stereocenters. The van der Waals surface area contributed by atoms with Crippen molar-refractivity contribution >= 4 is 5.69 Å². The van der Waals surface area contributed by atoms with Gasteiger partial charge in [0.15, 0.2) is 0 Å². The Kier molecular flexibility index (Phi) is 2.73. The van der Waals surface area contributed by atoms with Crippen LogP contribution in [-0.4, -0.2) is 6.04 Å². The van der Waals surface area contributed by atoms with Gasteiger partial charge in [-0.1, -0.05) is 29.3 Å². The molecule has 3 atom stereocenters.